The normalized spacial score (nSPS) is 34.8. The van der Waals surface area contributed by atoms with Crippen molar-refractivity contribution in [1.82, 2.24) is 0 Å². The van der Waals surface area contributed by atoms with Gasteiger partial charge >= 0.3 is 93.2 Å². The zero-order chi connectivity index (χ0) is 10.6. The molecular weight excluding hydrogens is 275 g/mol. The van der Waals surface area contributed by atoms with Gasteiger partial charge in [0.25, 0.3) is 0 Å². The Bertz CT molecular complexity index is 267. The Labute approximate surface area is 93.0 Å². The molecule has 14 heavy (non-hydrogen) atoms. The van der Waals surface area contributed by atoms with Crippen molar-refractivity contribution in [3.8, 4) is 0 Å². The Morgan fingerprint density at radius 3 is 2.43 bits per heavy atom. The van der Waals surface area contributed by atoms with Crippen LogP contribution < -0.4 is 0 Å². The maximum atomic E-state index is 2.59. The molecule has 0 aliphatic heterocycles. The molecule has 1 fully saturated rings. The quantitative estimate of drug-likeness (QED) is 0.526. The van der Waals surface area contributed by atoms with Crippen molar-refractivity contribution >= 4 is 18.4 Å². The summed E-state index contributed by atoms with van der Waals surface area (Å²) in [6.07, 6.45) is 5.47. The van der Waals surface area contributed by atoms with E-state index in [1.54, 1.807) is 0 Å². The molecule has 0 saturated heterocycles. The first kappa shape index (κ1) is 11.0. The molecule has 0 unspecified atom stereocenters. The molecule has 0 heterocycles. The standard InChI is InChI=1S/C10H15.3CH3.Sn/c1-7-4-5-8-6-9(7)10(8,2)3;;;;/h4,8-9H,1,5-6H2,2-3H3;3*1H3;/t8-,9-;;;;/m1..../s1. The second-order valence-corrected chi connectivity index (χ2v) is 22.7. The van der Waals surface area contributed by atoms with Gasteiger partial charge in [-0.05, 0) is 0 Å². The van der Waals surface area contributed by atoms with Gasteiger partial charge in [-0.15, -0.1) is 0 Å². The maximum absolute atomic E-state index is 2.59. The average molecular weight is 299 g/mol. The first-order valence-corrected chi connectivity index (χ1v) is 16.6. The monoisotopic (exact) mass is 300 g/mol. The molecule has 0 amide bonds. The van der Waals surface area contributed by atoms with Crippen LogP contribution in [0, 0.1) is 17.3 Å². The molecule has 0 spiro atoms. The van der Waals surface area contributed by atoms with Gasteiger partial charge in [-0.1, -0.05) is 0 Å². The summed E-state index contributed by atoms with van der Waals surface area (Å²) in [5.74, 6) is 1.96. The van der Waals surface area contributed by atoms with E-state index in [9.17, 15) is 0 Å². The van der Waals surface area contributed by atoms with Gasteiger partial charge in [0.05, 0.1) is 0 Å². The molecule has 0 aromatic rings. The fraction of sp³-hybridized carbons (Fsp3) is 0.846. The summed E-state index contributed by atoms with van der Waals surface area (Å²) in [5, 5.41) is 0. The molecule has 3 rings (SSSR count). The minimum atomic E-state index is -1.59. The van der Waals surface area contributed by atoms with Crippen molar-refractivity contribution in [2.45, 2.75) is 45.9 Å². The van der Waals surface area contributed by atoms with E-state index in [1.807, 2.05) is 5.57 Å². The Balaban J connectivity index is 2.11. The molecule has 1 heteroatoms. The molecule has 0 N–H and O–H groups in total. The molecule has 3 aliphatic rings. The van der Waals surface area contributed by atoms with Crippen LogP contribution in [-0.2, 0) is 0 Å². The van der Waals surface area contributed by atoms with Crippen LogP contribution in [0.15, 0.2) is 11.6 Å². The average Bonchev–Trinajstić information content (AvgIpc) is 2.00. The Morgan fingerprint density at radius 2 is 2.00 bits per heavy atom. The molecule has 3 aliphatic carbocycles. The van der Waals surface area contributed by atoms with Gasteiger partial charge in [0, 0.05) is 0 Å². The molecular formula is C13H24Sn. The number of hydrogen-bond donors (Lipinski definition) is 0. The summed E-state index contributed by atoms with van der Waals surface area (Å²) < 4.78 is 1.51. The van der Waals surface area contributed by atoms with Crippen LogP contribution in [0.5, 0.6) is 0 Å². The van der Waals surface area contributed by atoms with E-state index in [4.69, 9.17) is 0 Å². The van der Waals surface area contributed by atoms with Crippen molar-refractivity contribution in [2.75, 3.05) is 0 Å². The summed E-state index contributed by atoms with van der Waals surface area (Å²) >= 11 is -1.59. The third-order valence-corrected chi connectivity index (χ3v) is 8.51. The van der Waals surface area contributed by atoms with E-state index in [2.05, 4.69) is 34.7 Å². The number of allylic oxidation sites excluding steroid dienone is 2. The van der Waals surface area contributed by atoms with Gasteiger partial charge in [0.2, 0.25) is 0 Å². The van der Waals surface area contributed by atoms with Crippen LogP contribution in [0.1, 0.15) is 26.7 Å². The Hall–Kier alpha value is 0.539. The van der Waals surface area contributed by atoms with Gasteiger partial charge in [-0.3, -0.25) is 0 Å². The summed E-state index contributed by atoms with van der Waals surface area (Å²) in [4.78, 5) is 7.69. The van der Waals surface area contributed by atoms with Crippen molar-refractivity contribution in [1.29, 1.82) is 0 Å². The van der Waals surface area contributed by atoms with E-state index in [0.29, 0.717) is 5.41 Å². The van der Waals surface area contributed by atoms with Crippen LogP contribution in [0.2, 0.25) is 19.3 Å². The summed E-state index contributed by atoms with van der Waals surface area (Å²) in [6.45, 7) is 4.97. The van der Waals surface area contributed by atoms with E-state index < -0.39 is 18.4 Å². The summed E-state index contributed by atoms with van der Waals surface area (Å²) in [7, 11) is 0. The fourth-order valence-electron chi connectivity index (χ4n) is 3.29. The third-order valence-electron chi connectivity index (χ3n) is 4.32. The van der Waals surface area contributed by atoms with Gasteiger partial charge in [0.15, 0.2) is 0 Å². The SMILES string of the molecule is CC1(C)[C@@H]2CC=C([CH2][Sn]([CH3])([CH3])[CH3])[C@H]1C2. The van der Waals surface area contributed by atoms with Crippen LogP contribution in [0.4, 0.5) is 0 Å². The number of fused-ring (bicyclic) bond motifs is 1. The first-order chi connectivity index (χ1) is 6.31. The number of hydrogen-bond acceptors (Lipinski definition) is 0. The minimum absolute atomic E-state index is 0.640. The van der Waals surface area contributed by atoms with Crippen LogP contribution in [0.3, 0.4) is 0 Å². The van der Waals surface area contributed by atoms with Crippen LogP contribution in [0.25, 0.3) is 0 Å². The first-order valence-electron chi connectivity index (χ1n) is 5.99. The van der Waals surface area contributed by atoms with E-state index in [-0.39, 0.29) is 0 Å². The summed E-state index contributed by atoms with van der Waals surface area (Å²) in [5.41, 5.74) is 2.49. The summed E-state index contributed by atoms with van der Waals surface area (Å²) in [6, 6.07) is 0. The molecule has 1 saturated carbocycles. The van der Waals surface area contributed by atoms with Crippen molar-refractivity contribution < 1.29 is 0 Å². The van der Waals surface area contributed by atoms with Crippen LogP contribution in [-0.4, -0.2) is 18.4 Å². The molecule has 0 aromatic carbocycles. The second-order valence-electron chi connectivity index (χ2n) is 7.06. The molecule has 80 valence electrons. The molecule has 2 atom stereocenters. The second kappa shape index (κ2) is 3.26. The van der Waals surface area contributed by atoms with Crippen molar-refractivity contribution in [2.24, 2.45) is 17.3 Å². The zero-order valence-electron chi connectivity index (χ0n) is 10.4. The zero-order valence-corrected chi connectivity index (χ0v) is 13.2. The Kier molecular flexibility index (Phi) is 2.57. The predicted molar refractivity (Wildman–Crippen MR) is 66.2 cm³/mol. The van der Waals surface area contributed by atoms with E-state index >= 15 is 0 Å². The fourth-order valence-corrected chi connectivity index (χ4v) is 7.90. The Morgan fingerprint density at radius 1 is 1.36 bits per heavy atom. The third kappa shape index (κ3) is 1.79. The molecule has 0 radical (unpaired) electrons. The van der Waals surface area contributed by atoms with E-state index in [0.717, 1.165) is 11.8 Å². The molecule has 0 nitrogen and oxygen atoms in total. The van der Waals surface area contributed by atoms with Crippen LogP contribution >= 0.6 is 0 Å². The van der Waals surface area contributed by atoms with Gasteiger partial charge < -0.3 is 0 Å². The van der Waals surface area contributed by atoms with E-state index in [1.165, 1.54) is 17.3 Å². The van der Waals surface area contributed by atoms with Crippen molar-refractivity contribution in [3.63, 3.8) is 0 Å². The predicted octanol–water partition coefficient (Wildman–Crippen LogP) is 4.32. The molecule has 0 aromatic heterocycles. The number of rotatable bonds is 2. The van der Waals surface area contributed by atoms with Crippen molar-refractivity contribution in [3.05, 3.63) is 11.6 Å². The van der Waals surface area contributed by atoms with Gasteiger partial charge in [0.1, 0.15) is 0 Å². The van der Waals surface area contributed by atoms with Gasteiger partial charge in [-0.2, -0.15) is 0 Å². The van der Waals surface area contributed by atoms with Gasteiger partial charge in [-0.25, -0.2) is 0 Å². The topological polar surface area (TPSA) is 0 Å². The molecule has 2 bridgehead atoms.